The van der Waals surface area contributed by atoms with Crippen molar-refractivity contribution in [2.75, 3.05) is 19.8 Å². The quantitative estimate of drug-likeness (QED) is 0.772. The van der Waals surface area contributed by atoms with Gasteiger partial charge < -0.3 is 14.8 Å². The van der Waals surface area contributed by atoms with E-state index in [2.05, 4.69) is 21.8 Å². The van der Waals surface area contributed by atoms with Gasteiger partial charge >= 0.3 is 0 Å². The Morgan fingerprint density at radius 1 is 1.52 bits per heavy atom. The molecule has 0 saturated carbocycles. The predicted octanol–water partition coefficient (Wildman–Crippen LogP) is 2.36. The van der Waals surface area contributed by atoms with Gasteiger partial charge in [0.15, 0.2) is 0 Å². The molecule has 1 fully saturated rings. The number of carbonyl (C=O) groups is 1. The van der Waals surface area contributed by atoms with E-state index in [0.717, 1.165) is 36.5 Å². The van der Waals surface area contributed by atoms with Crippen molar-refractivity contribution >= 4 is 17.4 Å². The topological polar surface area (TPSA) is 73.3 Å². The third-order valence-electron chi connectivity index (χ3n) is 3.66. The fraction of sp³-hybridized carbons (Fsp3) is 0.688. The molecule has 1 aromatic rings. The Bertz CT molecular complexity index is 540. The number of ether oxygens (including phenoxy) is 2. The van der Waals surface area contributed by atoms with Gasteiger partial charge in [-0.05, 0) is 38.2 Å². The molecule has 6 nitrogen and oxygen atoms in total. The molecule has 1 aromatic heterocycles. The summed E-state index contributed by atoms with van der Waals surface area (Å²) in [6.45, 7) is 7.83. The molecule has 0 radical (unpaired) electrons. The molecule has 0 unspecified atom stereocenters. The molecule has 1 saturated heterocycles. The molecule has 1 amide bonds. The van der Waals surface area contributed by atoms with Gasteiger partial charge in [-0.2, -0.15) is 0 Å². The molecule has 0 aromatic carbocycles. The first kappa shape index (κ1) is 18.0. The Hall–Kier alpha value is -1.31. The minimum atomic E-state index is -0.140. The van der Waals surface area contributed by atoms with Crippen LogP contribution < -0.4 is 5.32 Å². The van der Waals surface area contributed by atoms with E-state index in [0.29, 0.717) is 24.7 Å². The number of amides is 1. The number of allylic oxidation sites excluding steroid dienone is 1. The average molecular weight is 339 g/mol. The first-order valence-electron chi connectivity index (χ1n) is 8.06. The highest BCUT2D eigenvalue weighted by molar-refractivity contribution is 7.08. The maximum Gasteiger partial charge on any atom is 0.265 e. The van der Waals surface area contributed by atoms with E-state index in [1.807, 2.05) is 19.9 Å². The van der Waals surface area contributed by atoms with Crippen LogP contribution >= 0.6 is 11.5 Å². The second kappa shape index (κ2) is 9.10. The van der Waals surface area contributed by atoms with Gasteiger partial charge in [0.05, 0.1) is 31.1 Å². The molecule has 1 aliphatic rings. The molecular weight excluding hydrogens is 314 g/mol. The van der Waals surface area contributed by atoms with Crippen LogP contribution in [0.4, 0.5) is 0 Å². The van der Waals surface area contributed by atoms with Crippen molar-refractivity contribution in [1.29, 1.82) is 0 Å². The zero-order valence-corrected chi connectivity index (χ0v) is 14.8. The summed E-state index contributed by atoms with van der Waals surface area (Å²) >= 11 is 1.14. The van der Waals surface area contributed by atoms with Gasteiger partial charge in [0.25, 0.3) is 5.91 Å². The van der Waals surface area contributed by atoms with Crippen LogP contribution in [0.25, 0.3) is 0 Å². The summed E-state index contributed by atoms with van der Waals surface area (Å²) in [6.07, 6.45) is 4.50. The molecule has 0 aliphatic carbocycles. The number of rotatable bonds is 7. The number of nitrogens with one attached hydrogen (secondary N) is 1. The van der Waals surface area contributed by atoms with Crippen molar-refractivity contribution in [2.24, 2.45) is 0 Å². The zero-order chi connectivity index (χ0) is 16.7. The van der Waals surface area contributed by atoms with Gasteiger partial charge in [-0.3, -0.25) is 4.79 Å². The monoisotopic (exact) mass is 339 g/mol. The number of hydrogen-bond acceptors (Lipinski definition) is 6. The maximum absolute atomic E-state index is 12.5. The molecule has 23 heavy (non-hydrogen) atoms. The fourth-order valence-electron chi connectivity index (χ4n) is 2.41. The third-order valence-corrected chi connectivity index (χ3v) is 4.43. The summed E-state index contributed by atoms with van der Waals surface area (Å²) in [5, 5.41) is 7.07. The van der Waals surface area contributed by atoms with Gasteiger partial charge in [0.2, 0.25) is 0 Å². The number of nitrogens with zero attached hydrogens (tertiary/aromatic N) is 2. The Balaban J connectivity index is 1.96. The maximum atomic E-state index is 12.5. The van der Waals surface area contributed by atoms with Crippen LogP contribution in [0.15, 0.2) is 11.6 Å². The standard InChI is InChI=1S/C16H25N3O3S/c1-4-5-12-15(23-19-18-12)16(20)17-13-10-21-8-7-14(13)22-9-6-11(2)3/h6,13-14H,4-5,7-10H2,1-3H3,(H,17,20)/t13-,14+/m1/s1. The highest BCUT2D eigenvalue weighted by Gasteiger charge is 2.29. The average Bonchev–Trinajstić information content (AvgIpc) is 2.97. The lowest BCUT2D eigenvalue weighted by atomic mass is 10.1. The lowest BCUT2D eigenvalue weighted by Crippen LogP contribution is -2.50. The van der Waals surface area contributed by atoms with E-state index in [-0.39, 0.29) is 18.1 Å². The van der Waals surface area contributed by atoms with Gasteiger partial charge in [-0.1, -0.05) is 29.5 Å². The Kier molecular flexibility index (Phi) is 7.14. The van der Waals surface area contributed by atoms with Crippen molar-refractivity contribution in [3.63, 3.8) is 0 Å². The van der Waals surface area contributed by atoms with Crippen molar-refractivity contribution in [3.05, 3.63) is 22.2 Å². The van der Waals surface area contributed by atoms with E-state index in [4.69, 9.17) is 9.47 Å². The third kappa shape index (κ3) is 5.37. The van der Waals surface area contributed by atoms with Gasteiger partial charge in [0.1, 0.15) is 4.88 Å². The number of aryl methyl sites for hydroxylation is 1. The lowest BCUT2D eigenvalue weighted by molar-refractivity contribution is -0.0457. The molecule has 2 rings (SSSR count). The molecule has 7 heteroatoms. The van der Waals surface area contributed by atoms with Crippen LogP contribution in [-0.4, -0.2) is 47.5 Å². The van der Waals surface area contributed by atoms with Crippen molar-refractivity contribution in [1.82, 2.24) is 14.9 Å². The molecule has 2 heterocycles. The summed E-state index contributed by atoms with van der Waals surface area (Å²) in [4.78, 5) is 13.1. The minimum absolute atomic E-state index is 0.0289. The van der Waals surface area contributed by atoms with Gasteiger partial charge in [-0.15, -0.1) is 5.10 Å². The summed E-state index contributed by atoms with van der Waals surface area (Å²) < 4.78 is 15.3. The van der Waals surface area contributed by atoms with E-state index < -0.39 is 0 Å². The molecule has 128 valence electrons. The highest BCUT2D eigenvalue weighted by atomic mass is 32.1. The smallest absolute Gasteiger partial charge is 0.265 e. The molecule has 0 spiro atoms. The van der Waals surface area contributed by atoms with Crippen molar-refractivity contribution in [2.45, 2.75) is 52.2 Å². The highest BCUT2D eigenvalue weighted by Crippen LogP contribution is 2.16. The largest absolute Gasteiger partial charge is 0.379 e. The number of hydrogen-bond donors (Lipinski definition) is 1. The molecule has 1 aliphatic heterocycles. The van der Waals surface area contributed by atoms with E-state index >= 15 is 0 Å². The Morgan fingerprint density at radius 3 is 3.09 bits per heavy atom. The molecule has 0 bridgehead atoms. The lowest BCUT2D eigenvalue weighted by Gasteiger charge is -2.31. The number of aromatic nitrogens is 2. The second-order valence-corrected chi connectivity index (χ2v) is 6.65. The summed E-state index contributed by atoms with van der Waals surface area (Å²) in [5.74, 6) is -0.130. The van der Waals surface area contributed by atoms with Crippen LogP contribution in [-0.2, 0) is 15.9 Å². The van der Waals surface area contributed by atoms with Crippen LogP contribution in [0.2, 0.25) is 0 Å². The van der Waals surface area contributed by atoms with Crippen molar-refractivity contribution < 1.29 is 14.3 Å². The normalized spacial score (nSPS) is 21.0. The van der Waals surface area contributed by atoms with E-state index in [9.17, 15) is 4.79 Å². The predicted molar refractivity (Wildman–Crippen MR) is 89.8 cm³/mol. The SMILES string of the molecule is CCCc1nnsc1C(=O)N[C@@H]1COCC[C@@H]1OCC=C(C)C. The number of carbonyl (C=O) groups excluding carboxylic acids is 1. The van der Waals surface area contributed by atoms with Gasteiger partial charge in [-0.25, -0.2) is 0 Å². The van der Waals surface area contributed by atoms with Crippen molar-refractivity contribution in [3.8, 4) is 0 Å². The second-order valence-electron chi connectivity index (χ2n) is 5.90. The minimum Gasteiger partial charge on any atom is -0.379 e. The van der Waals surface area contributed by atoms with Gasteiger partial charge in [0, 0.05) is 6.61 Å². The van der Waals surface area contributed by atoms with Crippen LogP contribution in [0.3, 0.4) is 0 Å². The van der Waals surface area contributed by atoms with E-state index in [1.165, 1.54) is 5.57 Å². The first-order valence-corrected chi connectivity index (χ1v) is 8.84. The molecule has 1 N–H and O–H groups in total. The van der Waals surface area contributed by atoms with E-state index in [1.54, 1.807) is 0 Å². The summed E-state index contributed by atoms with van der Waals surface area (Å²) in [6, 6.07) is -0.140. The Morgan fingerprint density at radius 2 is 2.35 bits per heavy atom. The molecular formula is C16H25N3O3S. The summed E-state index contributed by atoms with van der Waals surface area (Å²) in [7, 11) is 0. The fourth-order valence-corrected chi connectivity index (χ4v) is 3.02. The molecule has 2 atom stereocenters. The summed E-state index contributed by atoms with van der Waals surface area (Å²) in [5.41, 5.74) is 1.99. The zero-order valence-electron chi connectivity index (χ0n) is 14.0. The van der Waals surface area contributed by atoms with Crippen LogP contribution in [0, 0.1) is 0 Å². The van der Waals surface area contributed by atoms with Crippen LogP contribution in [0.5, 0.6) is 0 Å². The Labute approximate surface area is 141 Å². The van der Waals surface area contributed by atoms with Crippen LogP contribution in [0.1, 0.15) is 49.0 Å². The first-order chi connectivity index (χ1) is 11.1.